The molecule has 3 aromatic carbocycles. The molecule has 0 atom stereocenters. The molecule has 0 spiro atoms. The van der Waals surface area contributed by atoms with Crippen LogP contribution in [0, 0.1) is 23.8 Å². The second-order valence-corrected chi connectivity index (χ2v) is 8.93. The Morgan fingerprint density at radius 2 is 1.82 bits per heavy atom. The fourth-order valence-electron chi connectivity index (χ4n) is 3.46. The average Bonchev–Trinajstić information content (AvgIpc) is 3.32. The summed E-state index contributed by atoms with van der Waals surface area (Å²) in [4.78, 5) is 33.4. The van der Waals surface area contributed by atoms with Crippen molar-refractivity contribution in [3.63, 3.8) is 0 Å². The Kier molecular flexibility index (Phi) is 8.15. The van der Waals surface area contributed by atoms with Crippen molar-refractivity contribution in [3.05, 3.63) is 101 Å². The quantitative estimate of drug-likeness (QED) is 0.103. The summed E-state index contributed by atoms with van der Waals surface area (Å²) in [5, 5.41) is 26.4. The molecule has 0 unspecified atom stereocenters. The minimum atomic E-state index is -0.628. The summed E-state index contributed by atoms with van der Waals surface area (Å²) in [7, 11) is 0. The first kappa shape index (κ1) is 26.5. The molecule has 0 fully saturated rings. The topological polar surface area (TPSA) is 159 Å². The Morgan fingerprint density at radius 1 is 1.05 bits per heavy atom. The Bertz CT molecular complexity index is 1570. The first-order valence-electron chi connectivity index (χ1n) is 11.1. The minimum Gasteiger partial charge on any atom is -0.490 e. The number of nitrogens with zero attached hydrogens (tertiary/aromatic N) is 3. The second kappa shape index (κ2) is 11.7. The van der Waals surface area contributed by atoms with Gasteiger partial charge in [-0.3, -0.25) is 25.0 Å². The highest BCUT2D eigenvalue weighted by Crippen LogP contribution is 2.34. The maximum atomic E-state index is 12.5. The molecule has 0 radical (unpaired) electrons. The number of rotatable bonds is 10. The minimum absolute atomic E-state index is 0.0246. The average molecular weight is 630 g/mol. The predicted octanol–water partition coefficient (Wildman–Crippen LogP) is 5.60. The number of halogens is 1. The number of hydrogen-bond donors (Lipinski definition) is 1. The van der Waals surface area contributed by atoms with Crippen LogP contribution in [-0.2, 0) is 6.61 Å². The molecule has 0 saturated heterocycles. The Balaban J connectivity index is 1.46. The van der Waals surface area contributed by atoms with E-state index in [1.54, 1.807) is 24.3 Å². The largest absolute Gasteiger partial charge is 0.490 e. The van der Waals surface area contributed by atoms with Crippen molar-refractivity contribution in [2.24, 2.45) is 5.10 Å². The van der Waals surface area contributed by atoms with E-state index in [9.17, 15) is 25.0 Å². The summed E-state index contributed by atoms with van der Waals surface area (Å²) in [5.41, 5.74) is 3.81. The lowest BCUT2D eigenvalue weighted by molar-refractivity contribution is -0.385. The molecule has 1 N–H and O–H groups in total. The number of fused-ring (bicyclic) bond motifs is 1. The molecule has 194 valence electrons. The molecular formula is C25H19IN4O8. The molecule has 4 aromatic rings. The predicted molar refractivity (Wildman–Crippen MR) is 146 cm³/mol. The van der Waals surface area contributed by atoms with Gasteiger partial charge in [-0.25, -0.2) is 5.43 Å². The van der Waals surface area contributed by atoms with Crippen LogP contribution in [0.4, 0.5) is 11.4 Å². The van der Waals surface area contributed by atoms with E-state index in [1.807, 2.05) is 6.92 Å². The number of hydrazone groups is 1. The zero-order chi connectivity index (χ0) is 27.2. The van der Waals surface area contributed by atoms with E-state index < -0.39 is 15.8 Å². The Morgan fingerprint density at radius 3 is 2.55 bits per heavy atom. The van der Waals surface area contributed by atoms with Crippen LogP contribution in [-0.4, -0.2) is 28.6 Å². The number of nitro groups is 2. The summed E-state index contributed by atoms with van der Waals surface area (Å²) >= 11 is 2.08. The summed E-state index contributed by atoms with van der Waals surface area (Å²) in [6.07, 6.45) is 1.42. The number of benzene rings is 3. The number of hydrogen-bond acceptors (Lipinski definition) is 9. The standard InChI is InChI=1S/C25H19IN4O8/c1-2-36-22-10-16(9-20(26)24(22)37-14-15-4-3-5-18(8-15)29(32)33)13-27-28-25(31)23-12-17-11-19(30(34)35)6-7-21(17)38-23/h3-13H,2,14H2,1H3,(H,28,31)/b27-13+. The molecule has 1 heterocycles. The molecule has 0 saturated carbocycles. The van der Waals surface area contributed by atoms with E-state index in [0.717, 1.165) is 0 Å². The Hall–Kier alpha value is -4.53. The number of nitrogens with one attached hydrogen (secondary N) is 1. The summed E-state index contributed by atoms with van der Waals surface area (Å²) < 4.78 is 17.8. The number of amides is 1. The first-order chi connectivity index (χ1) is 18.2. The molecule has 0 bridgehead atoms. The molecule has 12 nitrogen and oxygen atoms in total. The molecule has 38 heavy (non-hydrogen) atoms. The third-order valence-corrected chi connectivity index (χ3v) is 5.95. The van der Waals surface area contributed by atoms with Gasteiger partial charge in [-0.2, -0.15) is 5.10 Å². The highest BCUT2D eigenvalue weighted by molar-refractivity contribution is 14.1. The molecule has 0 aliphatic rings. The van der Waals surface area contributed by atoms with E-state index in [-0.39, 0.29) is 23.7 Å². The van der Waals surface area contributed by atoms with Crippen LogP contribution in [0.5, 0.6) is 11.5 Å². The van der Waals surface area contributed by atoms with Crippen molar-refractivity contribution in [1.82, 2.24) is 5.43 Å². The second-order valence-electron chi connectivity index (χ2n) is 7.77. The normalized spacial score (nSPS) is 11.0. The van der Waals surface area contributed by atoms with Gasteiger partial charge in [-0.05, 0) is 64.9 Å². The van der Waals surface area contributed by atoms with Crippen molar-refractivity contribution in [2.45, 2.75) is 13.5 Å². The van der Waals surface area contributed by atoms with Gasteiger partial charge in [0.2, 0.25) is 0 Å². The number of furan rings is 1. The van der Waals surface area contributed by atoms with E-state index >= 15 is 0 Å². The third kappa shape index (κ3) is 6.23. The summed E-state index contributed by atoms with van der Waals surface area (Å²) in [6, 6.07) is 15.1. The number of carbonyl (C=O) groups is 1. The van der Waals surface area contributed by atoms with Crippen LogP contribution in [0.25, 0.3) is 11.0 Å². The smallest absolute Gasteiger partial charge is 0.307 e. The lowest BCUT2D eigenvalue weighted by atomic mass is 10.2. The van der Waals surface area contributed by atoms with Crippen molar-refractivity contribution >= 4 is 57.1 Å². The maximum absolute atomic E-state index is 12.5. The van der Waals surface area contributed by atoms with E-state index in [4.69, 9.17) is 13.9 Å². The highest BCUT2D eigenvalue weighted by Gasteiger charge is 2.16. The molecule has 1 amide bonds. The number of ether oxygens (including phenoxy) is 2. The fourth-order valence-corrected chi connectivity index (χ4v) is 4.24. The maximum Gasteiger partial charge on any atom is 0.307 e. The lowest BCUT2D eigenvalue weighted by Crippen LogP contribution is -2.16. The van der Waals surface area contributed by atoms with Crippen LogP contribution in [0.3, 0.4) is 0 Å². The summed E-state index contributed by atoms with van der Waals surface area (Å²) in [6.45, 7) is 2.28. The van der Waals surface area contributed by atoms with Crippen LogP contribution in [0.2, 0.25) is 0 Å². The van der Waals surface area contributed by atoms with Crippen molar-refractivity contribution in [2.75, 3.05) is 6.61 Å². The molecule has 1 aromatic heterocycles. The molecule has 0 aliphatic heterocycles. The zero-order valence-corrected chi connectivity index (χ0v) is 21.9. The van der Waals surface area contributed by atoms with Gasteiger partial charge in [0.15, 0.2) is 17.3 Å². The van der Waals surface area contributed by atoms with Crippen LogP contribution >= 0.6 is 22.6 Å². The van der Waals surface area contributed by atoms with Crippen molar-refractivity contribution in [1.29, 1.82) is 0 Å². The van der Waals surface area contributed by atoms with Crippen LogP contribution in [0.1, 0.15) is 28.6 Å². The highest BCUT2D eigenvalue weighted by atomic mass is 127. The van der Waals surface area contributed by atoms with E-state index in [0.29, 0.717) is 43.8 Å². The third-order valence-electron chi connectivity index (χ3n) is 5.15. The molecule has 13 heteroatoms. The van der Waals surface area contributed by atoms with Crippen molar-refractivity contribution in [3.8, 4) is 11.5 Å². The molecular weight excluding hydrogens is 611 g/mol. The van der Waals surface area contributed by atoms with Gasteiger partial charge in [-0.15, -0.1) is 0 Å². The van der Waals surface area contributed by atoms with Crippen LogP contribution in [0.15, 0.2) is 70.2 Å². The van der Waals surface area contributed by atoms with Crippen LogP contribution < -0.4 is 14.9 Å². The zero-order valence-electron chi connectivity index (χ0n) is 19.8. The SMILES string of the molecule is CCOc1cc(/C=N/NC(=O)c2cc3cc([N+](=O)[O-])ccc3o2)cc(I)c1OCc1cccc([N+](=O)[O-])c1. The van der Waals surface area contributed by atoms with Crippen molar-refractivity contribution < 1.29 is 28.5 Å². The lowest BCUT2D eigenvalue weighted by Gasteiger charge is -2.14. The van der Waals surface area contributed by atoms with Gasteiger partial charge in [0.25, 0.3) is 11.4 Å². The van der Waals surface area contributed by atoms with Gasteiger partial charge >= 0.3 is 5.91 Å². The Labute approximate surface area is 228 Å². The first-order valence-corrected chi connectivity index (χ1v) is 12.2. The monoisotopic (exact) mass is 630 g/mol. The van der Waals surface area contributed by atoms with Gasteiger partial charge in [0.05, 0.1) is 26.2 Å². The van der Waals surface area contributed by atoms with Gasteiger partial charge in [-0.1, -0.05) is 12.1 Å². The molecule has 0 aliphatic carbocycles. The van der Waals surface area contributed by atoms with Gasteiger partial charge in [0.1, 0.15) is 12.2 Å². The van der Waals surface area contributed by atoms with E-state index in [2.05, 4.69) is 33.1 Å². The number of non-ortho nitro benzene ring substituents is 2. The fraction of sp³-hybridized carbons (Fsp3) is 0.120. The number of carbonyl (C=O) groups excluding carboxylic acids is 1. The van der Waals surface area contributed by atoms with Gasteiger partial charge in [0, 0.05) is 29.7 Å². The van der Waals surface area contributed by atoms with E-state index in [1.165, 1.54) is 42.6 Å². The van der Waals surface area contributed by atoms with Gasteiger partial charge < -0.3 is 13.9 Å². The number of nitro benzene ring substituents is 2. The molecule has 4 rings (SSSR count). The summed E-state index contributed by atoms with van der Waals surface area (Å²) in [5.74, 6) is 0.233.